The lowest BCUT2D eigenvalue weighted by atomic mass is 9.94. The Hall–Kier alpha value is -0.830. The Balaban J connectivity index is 0.00000208. The van der Waals surface area contributed by atoms with E-state index in [0.717, 1.165) is 51.4 Å². The van der Waals surface area contributed by atoms with Crippen LogP contribution in [0.3, 0.4) is 0 Å². The van der Waals surface area contributed by atoms with Crippen molar-refractivity contribution in [1.29, 1.82) is 0 Å². The number of hydrogen-bond donors (Lipinski definition) is 2. The Labute approximate surface area is 161 Å². The minimum atomic E-state index is 0. The van der Waals surface area contributed by atoms with Gasteiger partial charge in [0.05, 0.1) is 12.3 Å². The van der Waals surface area contributed by atoms with Gasteiger partial charge in [-0.25, -0.2) is 0 Å². The minimum absolute atomic E-state index is 0. The average molecular weight is 447 g/mol. The number of aryl methyl sites for hydroxylation is 1. The minimum Gasteiger partial charge on any atom is -0.381 e. The molecule has 2 atom stereocenters. The first-order chi connectivity index (χ1) is 11.2. The van der Waals surface area contributed by atoms with E-state index in [2.05, 4.69) is 40.4 Å². The van der Waals surface area contributed by atoms with Crippen molar-refractivity contribution in [3.05, 3.63) is 17.5 Å². The van der Waals surface area contributed by atoms with Crippen molar-refractivity contribution in [2.45, 2.75) is 51.6 Å². The molecule has 24 heavy (non-hydrogen) atoms. The van der Waals surface area contributed by atoms with Crippen LogP contribution in [0.25, 0.3) is 0 Å². The van der Waals surface area contributed by atoms with Crippen molar-refractivity contribution in [2.75, 3.05) is 26.8 Å². The van der Waals surface area contributed by atoms with Crippen molar-refractivity contribution < 1.29 is 4.74 Å². The molecule has 0 spiro atoms. The summed E-state index contributed by atoms with van der Waals surface area (Å²) < 4.78 is 7.51. The van der Waals surface area contributed by atoms with Crippen molar-refractivity contribution in [3.8, 4) is 0 Å². The molecular formula is C17H30IN5O. The summed E-state index contributed by atoms with van der Waals surface area (Å²) in [7, 11) is 1.84. The van der Waals surface area contributed by atoms with Crippen LogP contribution in [0.5, 0.6) is 0 Å². The highest BCUT2D eigenvalue weighted by atomic mass is 127. The number of guanidine groups is 1. The molecule has 1 aromatic heterocycles. The van der Waals surface area contributed by atoms with Crippen molar-refractivity contribution >= 4 is 29.9 Å². The number of aliphatic imine (C=N–C) groups is 1. The topological polar surface area (TPSA) is 63.5 Å². The lowest BCUT2D eigenvalue weighted by Gasteiger charge is -2.25. The van der Waals surface area contributed by atoms with Crippen LogP contribution in [-0.2, 0) is 17.6 Å². The van der Waals surface area contributed by atoms with Crippen LogP contribution in [0.2, 0.25) is 0 Å². The number of nitrogens with zero attached hydrogens (tertiary/aromatic N) is 3. The molecule has 0 saturated carbocycles. The van der Waals surface area contributed by atoms with Crippen molar-refractivity contribution in [2.24, 2.45) is 10.9 Å². The van der Waals surface area contributed by atoms with E-state index in [1.165, 1.54) is 11.3 Å². The second-order valence-electron chi connectivity index (χ2n) is 6.94. The number of aromatic nitrogens is 2. The van der Waals surface area contributed by atoms with E-state index in [-0.39, 0.29) is 24.0 Å². The summed E-state index contributed by atoms with van der Waals surface area (Å²) in [6.07, 6.45) is 6.55. The van der Waals surface area contributed by atoms with Gasteiger partial charge in [0.15, 0.2) is 5.96 Å². The van der Waals surface area contributed by atoms with Gasteiger partial charge < -0.3 is 15.4 Å². The Morgan fingerprint density at radius 3 is 2.96 bits per heavy atom. The number of halogens is 1. The van der Waals surface area contributed by atoms with Crippen LogP contribution >= 0.6 is 24.0 Å². The van der Waals surface area contributed by atoms with E-state index in [4.69, 9.17) is 9.84 Å². The fraction of sp³-hybridized carbons (Fsp3) is 0.765. The Bertz CT molecular complexity index is 551. The molecule has 1 aliphatic carbocycles. The smallest absolute Gasteiger partial charge is 0.191 e. The van der Waals surface area contributed by atoms with Crippen LogP contribution in [0.1, 0.15) is 44.0 Å². The summed E-state index contributed by atoms with van der Waals surface area (Å²) in [5, 5.41) is 11.7. The number of rotatable bonds is 4. The van der Waals surface area contributed by atoms with Gasteiger partial charge in [-0.05, 0) is 38.7 Å². The molecule has 0 radical (unpaired) electrons. The third-order valence-corrected chi connectivity index (χ3v) is 4.77. The first-order valence-corrected chi connectivity index (χ1v) is 8.77. The normalized spacial score (nSPS) is 23.8. The van der Waals surface area contributed by atoms with E-state index in [0.29, 0.717) is 18.0 Å². The molecule has 0 aromatic carbocycles. The molecule has 6 nitrogen and oxygen atoms in total. The van der Waals surface area contributed by atoms with Crippen LogP contribution in [0, 0.1) is 5.92 Å². The van der Waals surface area contributed by atoms with Gasteiger partial charge >= 0.3 is 0 Å². The molecule has 2 heterocycles. The van der Waals surface area contributed by atoms with Gasteiger partial charge in [-0.1, -0.05) is 0 Å². The molecule has 0 bridgehead atoms. The van der Waals surface area contributed by atoms with Crippen LogP contribution < -0.4 is 10.6 Å². The molecule has 3 rings (SSSR count). The molecule has 0 amide bonds. The molecular weight excluding hydrogens is 417 g/mol. The third-order valence-electron chi connectivity index (χ3n) is 4.77. The van der Waals surface area contributed by atoms with Gasteiger partial charge in [0.1, 0.15) is 0 Å². The van der Waals surface area contributed by atoms with Gasteiger partial charge in [0.25, 0.3) is 0 Å². The largest absolute Gasteiger partial charge is 0.381 e. The average Bonchev–Trinajstić information content (AvgIpc) is 3.20. The predicted octanol–water partition coefficient (Wildman–Crippen LogP) is 2.14. The fourth-order valence-corrected chi connectivity index (χ4v) is 3.27. The highest BCUT2D eigenvalue weighted by Crippen LogP contribution is 2.21. The second-order valence-corrected chi connectivity index (χ2v) is 6.94. The molecule has 7 heteroatoms. The summed E-state index contributed by atoms with van der Waals surface area (Å²) >= 11 is 0. The summed E-state index contributed by atoms with van der Waals surface area (Å²) in [5.41, 5.74) is 2.64. The fourth-order valence-electron chi connectivity index (χ4n) is 3.27. The first kappa shape index (κ1) is 19.5. The highest BCUT2D eigenvalue weighted by molar-refractivity contribution is 14.0. The maximum atomic E-state index is 5.42. The molecule has 1 aromatic rings. The number of fused-ring (bicyclic) bond motifs is 1. The number of ether oxygens (including phenoxy) is 1. The van der Waals surface area contributed by atoms with E-state index >= 15 is 0 Å². The monoisotopic (exact) mass is 447 g/mol. The quantitative estimate of drug-likeness (QED) is 0.422. The summed E-state index contributed by atoms with van der Waals surface area (Å²) in [5.74, 6) is 1.50. The third kappa shape index (κ3) is 4.84. The van der Waals surface area contributed by atoms with Gasteiger partial charge in [-0.15, -0.1) is 24.0 Å². The zero-order chi connectivity index (χ0) is 16.2. The van der Waals surface area contributed by atoms with Gasteiger partial charge in [0, 0.05) is 50.8 Å². The molecule has 1 saturated heterocycles. The van der Waals surface area contributed by atoms with Crippen molar-refractivity contribution in [3.63, 3.8) is 0 Å². The molecule has 2 aliphatic rings. The number of nitrogens with one attached hydrogen (secondary N) is 2. The Morgan fingerprint density at radius 1 is 1.46 bits per heavy atom. The Morgan fingerprint density at radius 2 is 2.29 bits per heavy atom. The standard InChI is InChI=1S/C17H29N5O.HI/c1-12(2)22-10-14-4-5-15(8-16(14)21-22)20-17(18-3)19-9-13-6-7-23-11-13;/h10,12-13,15H,4-9,11H2,1-3H3,(H2,18,19,20);1H. The van der Waals surface area contributed by atoms with E-state index in [1.54, 1.807) is 0 Å². The molecule has 2 N–H and O–H groups in total. The Kier molecular flexibility index (Phi) is 7.34. The molecule has 136 valence electrons. The lowest BCUT2D eigenvalue weighted by molar-refractivity contribution is 0.186. The van der Waals surface area contributed by atoms with Crippen LogP contribution in [-0.4, -0.2) is 48.6 Å². The van der Waals surface area contributed by atoms with Crippen LogP contribution in [0.15, 0.2) is 11.2 Å². The summed E-state index contributed by atoms with van der Waals surface area (Å²) in [6, 6.07) is 0.833. The van der Waals surface area contributed by atoms with Crippen LogP contribution in [0.4, 0.5) is 0 Å². The SMILES string of the molecule is CN=C(NCC1CCOC1)NC1CCc2cn(C(C)C)nc2C1.I. The second kappa shape index (κ2) is 9.03. The van der Waals surface area contributed by atoms with Gasteiger partial charge in [-0.3, -0.25) is 9.67 Å². The molecule has 1 fully saturated rings. The maximum absolute atomic E-state index is 5.42. The van der Waals surface area contributed by atoms with E-state index < -0.39 is 0 Å². The zero-order valence-electron chi connectivity index (χ0n) is 14.9. The van der Waals surface area contributed by atoms with E-state index in [9.17, 15) is 0 Å². The summed E-state index contributed by atoms with van der Waals surface area (Å²) in [6.45, 7) is 7.03. The maximum Gasteiger partial charge on any atom is 0.191 e. The molecule has 2 unspecified atom stereocenters. The van der Waals surface area contributed by atoms with E-state index in [1.807, 2.05) is 7.05 Å². The number of hydrogen-bond acceptors (Lipinski definition) is 3. The first-order valence-electron chi connectivity index (χ1n) is 8.77. The summed E-state index contributed by atoms with van der Waals surface area (Å²) in [4.78, 5) is 4.36. The highest BCUT2D eigenvalue weighted by Gasteiger charge is 2.23. The molecule has 1 aliphatic heterocycles. The zero-order valence-corrected chi connectivity index (χ0v) is 17.2. The van der Waals surface area contributed by atoms with Gasteiger partial charge in [-0.2, -0.15) is 5.10 Å². The van der Waals surface area contributed by atoms with Gasteiger partial charge in [0.2, 0.25) is 0 Å². The predicted molar refractivity (Wildman–Crippen MR) is 107 cm³/mol. The lowest BCUT2D eigenvalue weighted by Crippen LogP contribution is -2.46. The van der Waals surface area contributed by atoms with Crippen molar-refractivity contribution in [1.82, 2.24) is 20.4 Å².